The van der Waals surface area contributed by atoms with Gasteiger partial charge in [0.1, 0.15) is 48.3 Å². The number of aliphatic carboxylic acids is 1. The molecule has 9 atom stereocenters. The van der Waals surface area contributed by atoms with E-state index in [1.54, 1.807) is 91.4 Å². The highest BCUT2D eigenvalue weighted by atomic mass is 16.4. The third-order valence-electron chi connectivity index (χ3n) is 16.9. The lowest BCUT2D eigenvalue weighted by Crippen LogP contribution is -2.62. The molecule has 1 aliphatic rings. The van der Waals surface area contributed by atoms with Gasteiger partial charge in [-0.15, -0.1) is 0 Å². The summed E-state index contributed by atoms with van der Waals surface area (Å²) in [5.41, 5.74) is 16.6. The maximum Gasteiger partial charge on any atom is 0.326 e. The fourth-order valence-corrected chi connectivity index (χ4v) is 12.0. The van der Waals surface area contributed by atoms with Gasteiger partial charge in [0, 0.05) is 119 Å². The molecule has 0 bridgehead atoms. The molecule has 9 aromatic rings. The van der Waals surface area contributed by atoms with Gasteiger partial charge in [-0.25, -0.2) is 9.78 Å². The maximum atomic E-state index is 15.2. The number of likely N-dealkylation sites (tertiary alicyclic amines) is 1. The van der Waals surface area contributed by atoms with Crippen LogP contribution in [0.5, 0.6) is 0 Å². The number of amides is 9. The quantitative estimate of drug-likeness (QED) is 0.0299. The summed E-state index contributed by atoms with van der Waals surface area (Å²) in [4.78, 5) is 164. The highest BCUT2D eigenvalue weighted by molar-refractivity contribution is 6.00. The van der Waals surface area contributed by atoms with E-state index < -0.39 is 133 Å². The monoisotopic (exact) mass is 1290 g/mol. The number of aliphatic hydroxyl groups is 1. The van der Waals surface area contributed by atoms with Crippen molar-refractivity contribution in [2.24, 2.45) is 11.5 Å². The molecule has 5 aromatic heterocycles. The van der Waals surface area contributed by atoms with Gasteiger partial charge in [-0.3, -0.25) is 48.1 Å². The molecule has 6 heterocycles. The van der Waals surface area contributed by atoms with Gasteiger partial charge in [-0.2, -0.15) is 0 Å². The highest BCUT2D eigenvalue weighted by Gasteiger charge is 2.41. The first-order valence-electron chi connectivity index (χ1n) is 31.1. The molecule has 0 aliphatic carbocycles. The molecule has 0 saturated carbocycles. The van der Waals surface area contributed by atoms with Crippen molar-refractivity contribution in [1.29, 1.82) is 0 Å². The Morgan fingerprint density at radius 3 is 1.65 bits per heavy atom. The van der Waals surface area contributed by atoms with Crippen LogP contribution in [0, 0.1) is 0 Å². The molecule has 0 unspecified atom stereocenters. The molecular weight excluding hydrogens is 1220 g/mol. The second-order valence-corrected chi connectivity index (χ2v) is 23.6. The standard InChI is InChI=1S/C67H74N16O12/c1-36(84)59(82-63(90)53(76-58(86)30-68)28-41-21-20-37-11-2-6-15-46(37)75-41)65(92)79-52(26-39-32-72-48-17-8-4-13-44(39)48)61(88)77-50(22-23-57(69)85)60(87)78-51(25-38-31-71-47-16-7-3-12-43(38)47)62(89)80-54(29-42-34-70-35-74-42)66(93)83-24-10-19-56(83)64(91)81-55(67(94)95)27-40-33-73-49-18-9-5-14-45(40)49/h2-9,11-18,20-21,31-36,50-56,59,71-73,84H,10,19,22-30,68H2,1H3,(H2,69,85)(H,70,74)(H,76,86)(H,77,88)(H,78,87)(H,79,92)(H,80,89)(H,81,91)(H,82,90)(H,94,95)/t36-,50+,51+,52+,53+,54+,55+,56+,59+/m1/s1. The predicted octanol–water partition coefficient (Wildman–Crippen LogP) is 0.989. The molecule has 95 heavy (non-hydrogen) atoms. The molecule has 4 aromatic carbocycles. The number of benzene rings is 4. The van der Waals surface area contributed by atoms with Gasteiger partial charge in [0.05, 0.1) is 24.5 Å². The average molecular weight is 1300 g/mol. The number of nitrogens with zero attached hydrogens (tertiary/aromatic N) is 3. The number of aliphatic hydroxyl groups excluding tert-OH is 1. The van der Waals surface area contributed by atoms with E-state index in [2.05, 4.69) is 67.1 Å². The number of hydrogen-bond donors (Lipinski definition) is 15. The highest BCUT2D eigenvalue weighted by Crippen LogP contribution is 2.25. The van der Waals surface area contributed by atoms with E-state index in [4.69, 9.17) is 11.5 Å². The molecule has 28 nitrogen and oxygen atoms in total. The SMILES string of the molecule is C[C@@H](O)[C@H](NC(=O)[C@H](Cc1ccc2ccccc2n1)NC(=O)CN)C(=O)N[C@@H](Cc1c[nH]c2ccccc12)C(=O)N[C@@H](CCC(N)=O)C(=O)N[C@@H](Cc1c[nH]c2ccccc12)C(=O)N[C@@H](Cc1cnc[nH]1)C(=O)N1CCC[C@H]1C(=O)N[C@@H](Cc1c[nH]c2ccccc12)C(=O)O. The topological polar surface area (TPSA) is 440 Å². The minimum absolute atomic E-state index is 0.0673. The van der Waals surface area contributed by atoms with Crippen molar-refractivity contribution >= 4 is 103 Å². The Hall–Kier alpha value is -11.3. The maximum absolute atomic E-state index is 15.2. The lowest BCUT2D eigenvalue weighted by atomic mass is 10.0. The van der Waals surface area contributed by atoms with Gasteiger partial charge in [-0.1, -0.05) is 78.9 Å². The molecule has 0 spiro atoms. The second-order valence-electron chi connectivity index (χ2n) is 23.6. The van der Waals surface area contributed by atoms with Crippen LogP contribution in [0.15, 0.2) is 140 Å². The van der Waals surface area contributed by atoms with Crippen LogP contribution in [0.3, 0.4) is 0 Å². The lowest BCUT2D eigenvalue weighted by molar-refractivity contribution is -0.145. The van der Waals surface area contributed by atoms with E-state index in [0.717, 1.165) is 16.3 Å². The van der Waals surface area contributed by atoms with E-state index in [0.29, 0.717) is 61.8 Å². The van der Waals surface area contributed by atoms with Crippen molar-refractivity contribution in [3.05, 3.63) is 168 Å². The Bertz CT molecular complexity index is 4290. The number of carbonyl (C=O) groups is 10. The number of carbonyl (C=O) groups excluding carboxylic acids is 9. The molecule has 28 heteroatoms. The number of aromatic nitrogens is 6. The number of nitrogens with one attached hydrogen (secondary N) is 11. The third-order valence-corrected chi connectivity index (χ3v) is 16.9. The predicted molar refractivity (Wildman–Crippen MR) is 349 cm³/mol. The average Bonchev–Trinajstić information content (AvgIpc) is 1.80. The molecule has 0 radical (unpaired) electrons. The number of pyridine rings is 1. The zero-order chi connectivity index (χ0) is 67.3. The Morgan fingerprint density at radius 1 is 0.579 bits per heavy atom. The number of rotatable bonds is 30. The van der Waals surface area contributed by atoms with Crippen LogP contribution in [-0.2, 0) is 80.0 Å². The van der Waals surface area contributed by atoms with Crippen LogP contribution in [0.4, 0.5) is 0 Å². The van der Waals surface area contributed by atoms with Gasteiger partial charge in [0.15, 0.2) is 0 Å². The second kappa shape index (κ2) is 30.5. The molecule has 494 valence electrons. The summed E-state index contributed by atoms with van der Waals surface area (Å²) in [5.74, 6) is -9.10. The van der Waals surface area contributed by atoms with E-state index in [9.17, 15) is 39.0 Å². The number of carboxylic acid groups (broad SMARTS) is 1. The number of imidazole rings is 1. The van der Waals surface area contributed by atoms with Crippen molar-refractivity contribution in [3.63, 3.8) is 0 Å². The Balaban J connectivity index is 0.904. The fourth-order valence-electron chi connectivity index (χ4n) is 12.0. The first-order valence-corrected chi connectivity index (χ1v) is 31.1. The smallest absolute Gasteiger partial charge is 0.326 e. The number of nitrogens with two attached hydrogens (primary N) is 2. The van der Waals surface area contributed by atoms with Crippen LogP contribution in [0.25, 0.3) is 43.6 Å². The third kappa shape index (κ3) is 16.5. The normalized spacial score (nSPS) is 15.6. The first-order chi connectivity index (χ1) is 45.8. The van der Waals surface area contributed by atoms with Gasteiger partial charge in [-0.05, 0) is 73.2 Å². The van der Waals surface area contributed by atoms with Gasteiger partial charge in [0.2, 0.25) is 53.2 Å². The Labute approximate surface area is 542 Å². The Morgan fingerprint density at radius 2 is 1.09 bits per heavy atom. The summed E-state index contributed by atoms with van der Waals surface area (Å²) in [6.45, 7) is 0.815. The molecule has 1 aliphatic heterocycles. The summed E-state index contributed by atoms with van der Waals surface area (Å²) < 4.78 is 0. The zero-order valence-corrected chi connectivity index (χ0v) is 51.7. The Kier molecular flexibility index (Phi) is 21.4. The van der Waals surface area contributed by atoms with Crippen LogP contribution in [0.2, 0.25) is 0 Å². The van der Waals surface area contributed by atoms with E-state index in [1.165, 1.54) is 24.3 Å². The van der Waals surface area contributed by atoms with E-state index in [-0.39, 0.29) is 45.1 Å². The number of primary amides is 1. The van der Waals surface area contributed by atoms with Crippen LogP contribution in [0.1, 0.15) is 60.7 Å². The number of aromatic amines is 4. The summed E-state index contributed by atoms with van der Waals surface area (Å²) in [5, 5.41) is 43.0. The number of carboxylic acids is 1. The van der Waals surface area contributed by atoms with Crippen LogP contribution in [-0.4, -0.2) is 172 Å². The summed E-state index contributed by atoms with van der Waals surface area (Å²) >= 11 is 0. The summed E-state index contributed by atoms with van der Waals surface area (Å²) in [6, 6.07) is 20.5. The fraction of sp³-hybridized carbons (Fsp3) is 0.313. The van der Waals surface area contributed by atoms with Gasteiger partial charge < -0.3 is 83.7 Å². The van der Waals surface area contributed by atoms with Crippen LogP contribution < -0.4 is 48.7 Å². The summed E-state index contributed by atoms with van der Waals surface area (Å²) in [7, 11) is 0. The number of hydrogen-bond acceptors (Lipinski definition) is 14. The van der Waals surface area contributed by atoms with Gasteiger partial charge >= 0.3 is 5.97 Å². The van der Waals surface area contributed by atoms with Crippen molar-refractivity contribution in [1.82, 2.24) is 72.0 Å². The van der Waals surface area contributed by atoms with Crippen molar-refractivity contribution in [3.8, 4) is 0 Å². The number of para-hydroxylation sites is 4. The largest absolute Gasteiger partial charge is 0.480 e. The lowest BCUT2D eigenvalue weighted by Gasteiger charge is -2.30. The molecule has 9 amide bonds. The summed E-state index contributed by atoms with van der Waals surface area (Å²) in [6.07, 6.45) is 4.91. The minimum atomic E-state index is -1.76. The van der Waals surface area contributed by atoms with Gasteiger partial charge in [0.25, 0.3) is 0 Å². The van der Waals surface area contributed by atoms with Crippen molar-refractivity contribution < 1.29 is 58.2 Å². The van der Waals surface area contributed by atoms with E-state index in [1.807, 2.05) is 36.4 Å². The molecular formula is C67H74N16O12. The first kappa shape index (κ1) is 66.7. The molecule has 10 rings (SSSR count). The molecule has 1 fully saturated rings. The van der Waals surface area contributed by atoms with E-state index >= 15 is 19.2 Å². The number of H-pyrrole nitrogens is 4. The number of fused-ring (bicyclic) bond motifs is 4. The molecule has 1 saturated heterocycles. The zero-order valence-electron chi connectivity index (χ0n) is 51.7. The van der Waals surface area contributed by atoms with Crippen LogP contribution >= 0.6 is 0 Å². The van der Waals surface area contributed by atoms with Crippen molar-refractivity contribution in [2.45, 2.75) is 119 Å². The molecule has 17 N–H and O–H groups in total. The van der Waals surface area contributed by atoms with Crippen molar-refractivity contribution in [2.75, 3.05) is 13.1 Å². The minimum Gasteiger partial charge on any atom is -0.480 e.